The van der Waals surface area contributed by atoms with Gasteiger partial charge in [0.1, 0.15) is 0 Å². The van der Waals surface area contributed by atoms with Crippen molar-refractivity contribution in [2.45, 2.75) is 50.4 Å². The van der Waals surface area contributed by atoms with Crippen LogP contribution in [0, 0.1) is 0 Å². The Kier molecular flexibility index (Phi) is 4.97. The van der Waals surface area contributed by atoms with Crippen LogP contribution in [0.15, 0.2) is 35.4 Å². The van der Waals surface area contributed by atoms with Crippen LogP contribution in [-0.4, -0.2) is 56.9 Å². The number of rotatable bonds is 3. The van der Waals surface area contributed by atoms with Crippen LogP contribution in [0.1, 0.15) is 32.1 Å². The number of aliphatic hydroxyl groups excluding tert-OH is 1. The van der Waals surface area contributed by atoms with Gasteiger partial charge in [0, 0.05) is 32.7 Å². The van der Waals surface area contributed by atoms with E-state index in [2.05, 4.69) is 4.98 Å². The lowest BCUT2D eigenvalue weighted by Gasteiger charge is -2.46. The summed E-state index contributed by atoms with van der Waals surface area (Å²) >= 11 is 0. The van der Waals surface area contributed by atoms with Gasteiger partial charge in [-0.25, -0.2) is 4.98 Å². The molecule has 1 amide bonds. The zero-order chi connectivity index (χ0) is 18.9. The van der Waals surface area contributed by atoms with Gasteiger partial charge in [-0.05, 0) is 37.8 Å². The first-order valence-corrected chi connectivity index (χ1v) is 9.63. The number of nitrogens with zero attached hydrogens (tertiary/aromatic N) is 3. The molecule has 0 radical (unpaired) electrons. The highest BCUT2D eigenvalue weighted by atomic mass is 16.5. The molecular formula is C20H25N3O4. The number of hydrogen-bond acceptors (Lipinski definition) is 5. The number of aromatic nitrogens is 2. The van der Waals surface area contributed by atoms with Crippen molar-refractivity contribution in [3.05, 3.63) is 40.9 Å². The van der Waals surface area contributed by atoms with Gasteiger partial charge in [-0.15, -0.1) is 0 Å². The van der Waals surface area contributed by atoms with Crippen LogP contribution in [0.25, 0.3) is 10.9 Å². The second-order valence-electron chi connectivity index (χ2n) is 7.46. The average Bonchev–Trinajstić information content (AvgIpc) is 2.70. The van der Waals surface area contributed by atoms with Crippen LogP contribution < -0.4 is 5.56 Å². The lowest BCUT2D eigenvalue weighted by Crippen LogP contribution is -2.56. The predicted octanol–water partition coefficient (Wildman–Crippen LogP) is 1.32. The fourth-order valence-corrected chi connectivity index (χ4v) is 4.16. The van der Waals surface area contributed by atoms with E-state index < -0.39 is 11.7 Å². The number of likely N-dealkylation sites (tertiary alicyclic amines) is 1. The second kappa shape index (κ2) is 7.40. The number of fused-ring (bicyclic) bond motifs is 1. The van der Waals surface area contributed by atoms with Crippen LogP contribution in [0.5, 0.6) is 0 Å². The van der Waals surface area contributed by atoms with E-state index >= 15 is 0 Å². The summed E-state index contributed by atoms with van der Waals surface area (Å²) in [4.78, 5) is 31.2. The van der Waals surface area contributed by atoms with Crippen molar-refractivity contribution in [2.24, 2.45) is 0 Å². The van der Waals surface area contributed by atoms with Crippen LogP contribution >= 0.6 is 0 Å². The van der Waals surface area contributed by atoms with Crippen molar-refractivity contribution in [3.8, 4) is 0 Å². The first-order chi connectivity index (χ1) is 13.1. The van der Waals surface area contributed by atoms with Crippen molar-refractivity contribution in [1.29, 1.82) is 0 Å². The maximum atomic E-state index is 12.6. The Balaban J connectivity index is 1.37. The lowest BCUT2D eigenvalue weighted by atomic mass is 9.82. The number of amides is 1. The van der Waals surface area contributed by atoms with Crippen LogP contribution in [0.4, 0.5) is 0 Å². The first-order valence-electron chi connectivity index (χ1n) is 9.63. The van der Waals surface area contributed by atoms with Crippen molar-refractivity contribution >= 4 is 16.8 Å². The molecule has 1 aromatic carbocycles. The van der Waals surface area contributed by atoms with Gasteiger partial charge in [0.25, 0.3) is 5.56 Å². The molecular weight excluding hydrogens is 346 g/mol. The maximum absolute atomic E-state index is 12.6. The quantitative estimate of drug-likeness (QED) is 0.880. The van der Waals surface area contributed by atoms with Gasteiger partial charge in [-0.3, -0.25) is 14.2 Å². The maximum Gasteiger partial charge on any atom is 0.261 e. The summed E-state index contributed by atoms with van der Waals surface area (Å²) < 4.78 is 7.39. The molecule has 2 aromatic rings. The highest BCUT2D eigenvalue weighted by Gasteiger charge is 2.44. The van der Waals surface area contributed by atoms with Gasteiger partial charge >= 0.3 is 0 Å². The number of aliphatic hydroxyl groups is 1. The van der Waals surface area contributed by atoms with Crippen LogP contribution in [0.3, 0.4) is 0 Å². The van der Waals surface area contributed by atoms with E-state index in [1.54, 1.807) is 12.1 Å². The Morgan fingerprint density at radius 1 is 1.30 bits per heavy atom. The van der Waals surface area contributed by atoms with Crippen molar-refractivity contribution in [2.75, 3.05) is 19.7 Å². The van der Waals surface area contributed by atoms with Crippen molar-refractivity contribution in [1.82, 2.24) is 14.5 Å². The third-order valence-corrected chi connectivity index (χ3v) is 5.88. The summed E-state index contributed by atoms with van der Waals surface area (Å²) in [6.45, 7) is 2.17. The zero-order valence-electron chi connectivity index (χ0n) is 15.3. The van der Waals surface area contributed by atoms with E-state index in [0.717, 1.165) is 12.8 Å². The molecule has 1 aromatic heterocycles. The topological polar surface area (TPSA) is 84.7 Å². The molecule has 2 aliphatic rings. The molecule has 27 heavy (non-hydrogen) atoms. The standard InChI is InChI=1S/C20H25N3O4/c24-17-6-3-13-27-20(17)8-11-22(12-9-20)18(25)7-10-23-14-21-16-5-2-1-4-15(16)19(23)26/h1-2,4-5,14,17,24H,3,6-13H2. The van der Waals surface area contributed by atoms with E-state index in [-0.39, 0.29) is 17.9 Å². The molecule has 0 aliphatic carbocycles. The number of para-hydroxylation sites is 1. The number of carbonyl (C=O) groups excluding carboxylic acids is 1. The van der Waals surface area contributed by atoms with Gasteiger partial charge in [-0.2, -0.15) is 0 Å². The highest BCUT2D eigenvalue weighted by molar-refractivity contribution is 5.77. The lowest BCUT2D eigenvalue weighted by molar-refractivity contribution is -0.179. The number of piperidine rings is 1. The van der Waals surface area contributed by atoms with Crippen molar-refractivity contribution in [3.63, 3.8) is 0 Å². The molecule has 144 valence electrons. The molecule has 2 saturated heterocycles. The summed E-state index contributed by atoms with van der Waals surface area (Å²) in [5.74, 6) is 0.0233. The van der Waals surface area contributed by atoms with E-state index in [1.807, 2.05) is 17.0 Å². The SMILES string of the molecule is O=C(CCn1cnc2ccccc2c1=O)N1CCC2(CC1)OCCCC2O. The van der Waals surface area contributed by atoms with Gasteiger partial charge < -0.3 is 14.7 Å². The fourth-order valence-electron chi connectivity index (χ4n) is 4.16. The molecule has 1 spiro atoms. The third-order valence-electron chi connectivity index (χ3n) is 5.88. The van der Waals surface area contributed by atoms with E-state index in [9.17, 15) is 14.7 Å². The van der Waals surface area contributed by atoms with Crippen LogP contribution in [0.2, 0.25) is 0 Å². The van der Waals surface area contributed by atoms with Gasteiger partial charge in [0.15, 0.2) is 0 Å². The number of hydrogen-bond donors (Lipinski definition) is 1. The van der Waals surface area contributed by atoms with E-state index in [0.29, 0.717) is 50.0 Å². The normalized spacial score (nSPS) is 22.3. The van der Waals surface area contributed by atoms with Crippen LogP contribution in [-0.2, 0) is 16.1 Å². The molecule has 0 bridgehead atoms. The second-order valence-corrected chi connectivity index (χ2v) is 7.46. The molecule has 1 N–H and O–H groups in total. The third kappa shape index (κ3) is 3.49. The molecule has 7 heteroatoms. The number of aryl methyl sites for hydroxylation is 1. The van der Waals surface area contributed by atoms with Crippen molar-refractivity contribution < 1.29 is 14.6 Å². The van der Waals surface area contributed by atoms with Gasteiger partial charge in [0.05, 0.1) is 28.9 Å². The average molecular weight is 371 g/mol. The highest BCUT2D eigenvalue weighted by Crippen LogP contribution is 2.35. The smallest absolute Gasteiger partial charge is 0.261 e. The Bertz CT molecular complexity index is 886. The van der Waals surface area contributed by atoms with Gasteiger partial charge in [-0.1, -0.05) is 12.1 Å². The molecule has 7 nitrogen and oxygen atoms in total. The van der Waals surface area contributed by atoms with E-state index in [1.165, 1.54) is 10.9 Å². The number of benzene rings is 1. The Morgan fingerprint density at radius 2 is 2.07 bits per heavy atom. The number of ether oxygens (including phenoxy) is 1. The molecule has 1 atom stereocenters. The summed E-state index contributed by atoms with van der Waals surface area (Å²) in [5.41, 5.74) is 0.0657. The number of carbonyl (C=O) groups is 1. The summed E-state index contributed by atoms with van der Waals surface area (Å²) in [6.07, 6.45) is 4.32. The molecule has 0 saturated carbocycles. The summed E-state index contributed by atoms with van der Waals surface area (Å²) in [6, 6.07) is 7.21. The summed E-state index contributed by atoms with van der Waals surface area (Å²) in [5, 5.41) is 10.9. The molecule has 4 rings (SSSR count). The molecule has 3 heterocycles. The fraction of sp³-hybridized carbons (Fsp3) is 0.550. The minimum Gasteiger partial charge on any atom is -0.390 e. The Hall–Kier alpha value is -2.25. The minimum absolute atomic E-state index is 0.0233. The van der Waals surface area contributed by atoms with E-state index in [4.69, 9.17) is 4.74 Å². The molecule has 2 fully saturated rings. The largest absolute Gasteiger partial charge is 0.390 e. The monoisotopic (exact) mass is 371 g/mol. The Labute approximate surface area is 157 Å². The Morgan fingerprint density at radius 3 is 2.85 bits per heavy atom. The summed E-state index contributed by atoms with van der Waals surface area (Å²) in [7, 11) is 0. The molecule has 2 aliphatic heterocycles. The molecule has 1 unspecified atom stereocenters. The first kappa shape index (κ1) is 18.1. The zero-order valence-corrected chi connectivity index (χ0v) is 15.3. The minimum atomic E-state index is -0.478. The van der Waals surface area contributed by atoms with Gasteiger partial charge in [0.2, 0.25) is 5.91 Å². The predicted molar refractivity (Wildman–Crippen MR) is 100 cm³/mol.